The van der Waals surface area contributed by atoms with Crippen LogP contribution in [0.2, 0.25) is 0 Å². The van der Waals surface area contributed by atoms with Crippen LogP contribution >= 0.6 is 0 Å². The number of nitrogens with zero attached hydrogens (tertiary/aromatic N) is 1. The Labute approximate surface area is 132 Å². The molecule has 1 aromatic rings. The summed E-state index contributed by atoms with van der Waals surface area (Å²) < 4.78 is 42.1. The number of benzene rings is 1. The normalized spacial score (nSPS) is 16.2. The molecule has 1 amide bonds. The van der Waals surface area contributed by atoms with Gasteiger partial charge in [-0.1, -0.05) is 26.8 Å². The fourth-order valence-corrected chi connectivity index (χ4v) is 2.48. The lowest BCUT2D eigenvalue weighted by molar-refractivity contribution is -0.113. The van der Waals surface area contributed by atoms with Crippen LogP contribution in [0.3, 0.4) is 0 Å². The average Bonchev–Trinajstić information content (AvgIpc) is 2.34. The Kier molecular flexibility index (Phi) is 5.56. The molecule has 4 nitrogen and oxygen atoms in total. The summed E-state index contributed by atoms with van der Waals surface area (Å²) in [4.78, 5) is 13.2. The maximum absolute atomic E-state index is 12.8. The third-order valence-corrected chi connectivity index (χ3v) is 3.41. The van der Waals surface area contributed by atoms with Gasteiger partial charge in [-0.3, -0.25) is 4.79 Å². The van der Waals surface area contributed by atoms with E-state index in [1.165, 1.54) is 4.90 Å². The number of halogens is 2. The lowest BCUT2D eigenvalue weighted by Crippen LogP contribution is -2.58. The number of hydrogen-bond acceptors (Lipinski definition) is 3. The first-order valence-electron chi connectivity index (χ1n) is 6.72. The van der Waals surface area contributed by atoms with Gasteiger partial charge < -0.3 is 4.90 Å². The van der Waals surface area contributed by atoms with Crippen molar-refractivity contribution >= 4 is 17.5 Å². The SMILES string of the molecule is Cc1cc(C(=O)N2CC(F)(F)C2)ccc1C(C)(C)C.O=S=O. The van der Waals surface area contributed by atoms with Crippen molar-refractivity contribution in [3.05, 3.63) is 34.9 Å². The molecule has 1 aromatic carbocycles. The topological polar surface area (TPSA) is 54.5 Å². The first kappa shape index (κ1) is 18.4. The first-order valence-corrected chi connectivity index (χ1v) is 7.38. The summed E-state index contributed by atoms with van der Waals surface area (Å²) in [6, 6.07) is 5.44. The molecule has 1 aliphatic rings. The van der Waals surface area contributed by atoms with Gasteiger partial charge in [-0.2, -0.15) is 8.42 Å². The summed E-state index contributed by atoms with van der Waals surface area (Å²) in [5.74, 6) is -3.02. The molecule has 0 N–H and O–H groups in total. The van der Waals surface area contributed by atoms with Crippen molar-refractivity contribution in [2.45, 2.75) is 39.0 Å². The van der Waals surface area contributed by atoms with Crippen LogP contribution in [0.15, 0.2) is 18.2 Å². The van der Waals surface area contributed by atoms with Gasteiger partial charge in [-0.15, -0.1) is 0 Å². The molecule has 0 aromatic heterocycles. The summed E-state index contributed by atoms with van der Waals surface area (Å²) >= 11 is -0.750. The van der Waals surface area contributed by atoms with E-state index >= 15 is 0 Å². The van der Waals surface area contributed by atoms with Crippen molar-refractivity contribution in [3.63, 3.8) is 0 Å². The van der Waals surface area contributed by atoms with Gasteiger partial charge in [-0.05, 0) is 35.6 Å². The number of rotatable bonds is 1. The highest BCUT2D eigenvalue weighted by Gasteiger charge is 2.46. The minimum Gasteiger partial charge on any atom is -0.326 e. The molecule has 0 saturated carbocycles. The number of aryl methyl sites for hydroxylation is 1. The minimum absolute atomic E-state index is 0.00937. The Balaban J connectivity index is 0.000000745. The van der Waals surface area contributed by atoms with E-state index in [4.69, 9.17) is 8.42 Å². The van der Waals surface area contributed by atoms with Gasteiger partial charge in [0.15, 0.2) is 0 Å². The predicted octanol–water partition coefficient (Wildman–Crippen LogP) is 2.71. The highest BCUT2D eigenvalue weighted by atomic mass is 32.1. The van der Waals surface area contributed by atoms with Crippen molar-refractivity contribution in [2.24, 2.45) is 0 Å². The van der Waals surface area contributed by atoms with Crippen LogP contribution < -0.4 is 0 Å². The molecule has 0 aliphatic carbocycles. The number of alkyl halides is 2. The Morgan fingerprint density at radius 2 is 1.73 bits per heavy atom. The highest BCUT2D eigenvalue weighted by Crippen LogP contribution is 2.30. The van der Waals surface area contributed by atoms with E-state index in [-0.39, 0.29) is 11.3 Å². The lowest BCUT2D eigenvalue weighted by atomic mass is 9.83. The van der Waals surface area contributed by atoms with Crippen LogP contribution in [0.1, 0.15) is 42.3 Å². The molecule has 7 heteroatoms. The van der Waals surface area contributed by atoms with Gasteiger partial charge in [0.25, 0.3) is 11.8 Å². The molecule has 1 fully saturated rings. The maximum Gasteiger partial charge on any atom is 0.335 e. The molecule has 1 aliphatic heterocycles. The molecule has 0 bridgehead atoms. The molecule has 0 spiro atoms. The number of likely N-dealkylation sites (tertiary alicyclic amines) is 1. The fourth-order valence-electron chi connectivity index (χ4n) is 2.48. The lowest BCUT2D eigenvalue weighted by Gasteiger charge is -2.38. The largest absolute Gasteiger partial charge is 0.335 e. The van der Waals surface area contributed by atoms with E-state index in [0.717, 1.165) is 11.1 Å². The van der Waals surface area contributed by atoms with Gasteiger partial charge in [0, 0.05) is 5.56 Å². The summed E-state index contributed by atoms with van der Waals surface area (Å²) in [7, 11) is 0. The third-order valence-electron chi connectivity index (χ3n) is 3.41. The second kappa shape index (κ2) is 6.64. The molecule has 1 heterocycles. The van der Waals surface area contributed by atoms with Crippen molar-refractivity contribution < 1.29 is 22.0 Å². The first-order chi connectivity index (χ1) is 10.0. The zero-order valence-electron chi connectivity index (χ0n) is 13.0. The van der Waals surface area contributed by atoms with Crippen molar-refractivity contribution in [2.75, 3.05) is 13.1 Å². The molecule has 0 unspecified atom stereocenters. The second-order valence-electron chi connectivity index (χ2n) is 6.36. The van der Waals surface area contributed by atoms with Gasteiger partial charge >= 0.3 is 11.6 Å². The Morgan fingerprint density at radius 1 is 1.23 bits per heavy atom. The van der Waals surface area contributed by atoms with E-state index in [0.29, 0.717) is 5.56 Å². The van der Waals surface area contributed by atoms with E-state index in [2.05, 4.69) is 20.8 Å². The number of carbonyl (C=O) groups is 1. The van der Waals surface area contributed by atoms with Crippen LogP contribution in [0, 0.1) is 6.92 Å². The predicted molar refractivity (Wildman–Crippen MR) is 79.6 cm³/mol. The maximum atomic E-state index is 12.8. The second-order valence-corrected chi connectivity index (χ2v) is 6.50. The summed E-state index contributed by atoms with van der Waals surface area (Å²) in [5.41, 5.74) is 2.68. The van der Waals surface area contributed by atoms with Crippen LogP contribution in [-0.2, 0) is 17.0 Å². The minimum atomic E-state index is -2.71. The molecule has 0 atom stereocenters. The molecule has 0 radical (unpaired) electrons. The molecular formula is C15H19F2NO3S. The third kappa shape index (κ3) is 4.43. The van der Waals surface area contributed by atoms with Gasteiger partial charge in [0.2, 0.25) is 0 Å². The van der Waals surface area contributed by atoms with E-state index < -0.39 is 30.6 Å². The highest BCUT2D eigenvalue weighted by molar-refractivity contribution is 7.51. The van der Waals surface area contributed by atoms with Gasteiger partial charge in [0.05, 0.1) is 13.1 Å². The van der Waals surface area contributed by atoms with Crippen molar-refractivity contribution in [1.29, 1.82) is 0 Å². The molecule has 22 heavy (non-hydrogen) atoms. The summed E-state index contributed by atoms with van der Waals surface area (Å²) in [6.07, 6.45) is 0. The smallest absolute Gasteiger partial charge is 0.326 e. The van der Waals surface area contributed by atoms with Gasteiger partial charge in [0.1, 0.15) is 0 Å². The Hall–Kier alpha value is -1.63. The zero-order valence-corrected chi connectivity index (χ0v) is 13.8. The molecule has 1 saturated heterocycles. The van der Waals surface area contributed by atoms with E-state index in [1.807, 2.05) is 13.0 Å². The zero-order chi connectivity index (χ0) is 17.1. The van der Waals surface area contributed by atoms with Crippen LogP contribution in [0.4, 0.5) is 8.78 Å². The number of amides is 1. The van der Waals surface area contributed by atoms with Crippen LogP contribution in [0.5, 0.6) is 0 Å². The summed E-state index contributed by atoms with van der Waals surface area (Å²) in [5, 5.41) is 0. The van der Waals surface area contributed by atoms with E-state index in [1.54, 1.807) is 12.1 Å². The van der Waals surface area contributed by atoms with Crippen molar-refractivity contribution in [1.82, 2.24) is 4.90 Å². The molecule has 2 rings (SSSR count). The number of carbonyl (C=O) groups excluding carboxylic acids is 1. The number of hydrogen-bond donors (Lipinski definition) is 0. The standard InChI is InChI=1S/C15H19F2NO.O2S/c1-10-7-11(5-6-12(10)14(2,3)4)13(19)18-8-15(16,17)9-18;1-3-2/h5-7H,8-9H2,1-4H3;. The molecule has 122 valence electrons. The van der Waals surface area contributed by atoms with Gasteiger partial charge in [-0.25, -0.2) is 8.78 Å². The Bertz CT molecular complexity index is 597. The average molecular weight is 331 g/mol. The molecular weight excluding hydrogens is 312 g/mol. The summed E-state index contributed by atoms with van der Waals surface area (Å²) in [6.45, 7) is 7.33. The van der Waals surface area contributed by atoms with Crippen LogP contribution in [0.25, 0.3) is 0 Å². The monoisotopic (exact) mass is 331 g/mol. The van der Waals surface area contributed by atoms with Crippen LogP contribution in [-0.4, -0.2) is 38.2 Å². The fraction of sp³-hybridized carbons (Fsp3) is 0.533. The van der Waals surface area contributed by atoms with Crippen molar-refractivity contribution in [3.8, 4) is 0 Å². The Morgan fingerprint density at radius 3 is 2.09 bits per heavy atom. The quantitative estimate of drug-likeness (QED) is 0.795. The van der Waals surface area contributed by atoms with E-state index in [9.17, 15) is 13.6 Å².